The normalized spacial score (nSPS) is 40.3. The number of aliphatic hydroxyl groups excluding tert-OH is 1. The van der Waals surface area contributed by atoms with Crippen molar-refractivity contribution in [2.24, 2.45) is 23.2 Å². The number of aliphatic hydroxyl groups is 1. The second-order valence-electron chi connectivity index (χ2n) is 6.42. The smallest absolute Gasteiger partial charge is 0.0907 e. The molecule has 3 rings (SSSR count). The first kappa shape index (κ1) is 13.8. The molecular formula is C17H23NO2. The predicted octanol–water partition coefficient (Wildman–Crippen LogP) is 2.98. The number of aromatic nitrogens is 1. The maximum atomic E-state index is 9.96. The van der Waals surface area contributed by atoms with Crippen LogP contribution >= 0.6 is 0 Å². The van der Waals surface area contributed by atoms with Gasteiger partial charge >= 0.3 is 0 Å². The van der Waals surface area contributed by atoms with Gasteiger partial charge in [0, 0.05) is 23.7 Å². The Morgan fingerprint density at radius 1 is 1.45 bits per heavy atom. The van der Waals surface area contributed by atoms with Gasteiger partial charge in [0.1, 0.15) is 0 Å². The molecule has 1 aromatic rings. The summed E-state index contributed by atoms with van der Waals surface area (Å²) in [6.45, 7) is 7.46. The summed E-state index contributed by atoms with van der Waals surface area (Å²) in [6.07, 6.45) is 6.07. The van der Waals surface area contributed by atoms with E-state index in [0.29, 0.717) is 24.4 Å². The van der Waals surface area contributed by atoms with Crippen LogP contribution in [0.4, 0.5) is 0 Å². The van der Waals surface area contributed by atoms with Crippen molar-refractivity contribution >= 4 is 0 Å². The standard InChI is InChI=1S/C17H23NO2/c1-11-7-12(2)17(9-19)10-20-16(15(11)13(17)3)14-5-4-6-18-8-14/h4-8,12-13,15-16,19H,9-10H2,1-3H3/t12-,13-,15+,16+,17-/m1/s1. The zero-order chi connectivity index (χ0) is 14.3. The molecule has 2 heterocycles. The second kappa shape index (κ2) is 4.97. The lowest BCUT2D eigenvalue weighted by molar-refractivity contribution is -0.165. The highest BCUT2D eigenvalue weighted by molar-refractivity contribution is 5.26. The van der Waals surface area contributed by atoms with Crippen molar-refractivity contribution in [1.29, 1.82) is 0 Å². The topological polar surface area (TPSA) is 42.4 Å². The number of ether oxygens (including phenoxy) is 1. The molecule has 3 heteroatoms. The lowest BCUT2D eigenvalue weighted by Crippen LogP contribution is -2.53. The van der Waals surface area contributed by atoms with Crippen LogP contribution in [0.3, 0.4) is 0 Å². The van der Waals surface area contributed by atoms with E-state index in [2.05, 4.69) is 37.9 Å². The van der Waals surface area contributed by atoms with E-state index in [-0.39, 0.29) is 18.1 Å². The molecule has 0 aromatic carbocycles. The van der Waals surface area contributed by atoms with E-state index in [0.717, 1.165) is 5.56 Å². The van der Waals surface area contributed by atoms with Gasteiger partial charge in [0.15, 0.2) is 0 Å². The third kappa shape index (κ3) is 1.84. The maximum Gasteiger partial charge on any atom is 0.0907 e. The van der Waals surface area contributed by atoms with Gasteiger partial charge in [0.25, 0.3) is 0 Å². The van der Waals surface area contributed by atoms with Crippen LogP contribution in [-0.2, 0) is 4.74 Å². The van der Waals surface area contributed by atoms with Crippen molar-refractivity contribution in [3.8, 4) is 0 Å². The monoisotopic (exact) mass is 273 g/mol. The van der Waals surface area contributed by atoms with Crippen molar-refractivity contribution in [3.63, 3.8) is 0 Å². The van der Waals surface area contributed by atoms with E-state index < -0.39 is 0 Å². The summed E-state index contributed by atoms with van der Waals surface area (Å²) in [5.74, 6) is 1.09. The fraction of sp³-hybridized carbons (Fsp3) is 0.588. The van der Waals surface area contributed by atoms with Crippen LogP contribution in [0, 0.1) is 23.2 Å². The molecule has 1 aliphatic heterocycles. The molecule has 0 saturated carbocycles. The molecular weight excluding hydrogens is 250 g/mol. The molecule has 0 amide bonds. The Morgan fingerprint density at radius 3 is 2.90 bits per heavy atom. The van der Waals surface area contributed by atoms with Gasteiger partial charge in [-0.1, -0.05) is 31.6 Å². The molecule has 0 unspecified atom stereocenters. The van der Waals surface area contributed by atoms with Crippen LogP contribution in [0.2, 0.25) is 0 Å². The molecule has 5 atom stereocenters. The van der Waals surface area contributed by atoms with Crippen molar-refractivity contribution in [2.75, 3.05) is 13.2 Å². The van der Waals surface area contributed by atoms with Crippen LogP contribution in [0.1, 0.15) is 32.4 Å². The largest absolute Gasteiger partial charge is 0.396 e. The van der Waals surface area contributed by atoms with Gasteiger partial charge in [-0.15, -0.1) is 0 Å². The molecule has 20 heavy (non-hydrogen) atoms. The molecule has 1 saturated heterocycles. The quantitative estimate of drug-likeness (QED) is 0.842. The van der Waals surface area contributed by atoms with E-state index in [1.165, 1.54) is 5.57 Å². The average molecular weight is 273 g/mol. The summed E-state index contributed by atoms with van der Waals surface area (Å²) in [7, 11) is 0. The summed E-state index contributed by atoms with van der Waals surface area (Å²) in [5.41, 5.74) is 2.38. The van der Waals surface area contributed by atoms with E-state index in [1.54, 1.807) is 6.20 Å². The van der Waals surface area contributed by atoms with Crippen LogP contribution in [0.5, 0.6) is 0 Å². The van der Waals surface area contributed by atoms with Gasteiger partial charge in [-0.25, -0.2) is 0 Å². The first-order valence-corrected chi connectivity index (χ1v) is 7.41. The minimum absolute atomic E-state index is 0.0575. The van der Waals surface area contributed by atoms with E-state index in [4.69, 9.17) is 4.74 Å². The Labute approximate surface area is 120 Å². The number of allylic oxidation sites excluding steroid dienone is 1. The SMILES string of the molecule is CC1=C[C@@H](C)[C@@]2(CO)CO[C@@H](c3cccnc3)[C@@H]1[C@H]2C. The summed E-state index contributed by atoms with van der Waals surface area (Å²) in [4.78, 5) is 4.22. The Kier molecular flexibility index (Phi) is 3.43. The van der Waals surface area contributed by atoms with Crippen molar-refractivity contribution < 1.29 is 9.84 Å². The van der Waals surface area contributed by atoms with Crippen LogP contribution in [0.25, 0.3) is 0 Å². The summed E-state index contributed by atoms with van der Waals surface area (Å²) in [6, 6.07) is 4.05. The molecule has 3 nitrogen and oxygen atoms in total. The van der Waals surface area contributed by atoms with Gasteiger partial charge < -0.3 is 9.84 Å². The summed E-state index contributed by atoms with van der Waals surface area (Å²) < 4.78 is 6.20. The first-order chi connectivity index (χ1) is 9.60. The zero-order valence-corrected chi connectivity index (χ0v) is 12.4. The van der Waals surface area contributed by atoms with E-state index in [9.17, 15) is 5.11 Å². The average Bonchev–Trinajstić information content (AvgIpc) is 2.46. The number of pyridine rings is 1. The molecule has 1 N–H and O–H groups in total. The van der Waals surface area contributed by atoms with Crippen molar-refractivity contribution in [3.05, 3.63) is 41.7 Å². The third-order valence-corrected chi connectivity index (χ3v) is 5.56. The molecule has 0 radical (unpaired) electrons. The molecule has 1 aliphatic carbocycles. The molecule has 0 spiro atoms. The minimum Gasteiger partial charge on any atom is -0.396 e. The summed E-state index contributed by atoms with van der Waals surface area (Å²) in [5, 5.41) is 9.96. The minimum atomic E-state index is -0.136. The second-order valence-corrected chi connectivity index (χ2v) is 6.42. The van der Waals surface area contributed by atoms with Gasteiger partial charge in [-0.2, -0.15) is 0 Å². The number of fused-ring (bicyclic) bond motifs is 2. The van der Waals surface area contributed by atoms with Crippen molar-refractivity contribution in [1.82, 2.24) is 4.98 Å². The lowest BCUT2D eigenvalue weighted by atomic mass is 9.56. The lowest BCUT2D eigenvalue weighted by Gasteiger charge is -2.55. The highest BCUT2D eigenvalue weighted by Crippen LogP contribution is 2.55. The summed E-state index contributed by atoms with van der Waals surface area (Å²) >= 11 is 0. The Bertz CT molecular complexity index is 513. The third-order valence-electron chi connectivity index (χ3n) is 5.56. The predicted molar refractivity (Wildman–Crippen MR) is 78.0 cm³/mol. The maximum absolute atomic E-state index is 9.96. The number of hydrogen-bond acceptors (Lipinski definition) is 3. The fourth-order valence-electron chi connectivity index (χ4n) is 4.13. The Hall–Kier alpha value is -1.19. The fourth-order valence-corrected chi connectivity index (χ4v) is 4.13. The van der Waals surface area contributed by atoms with Crippen LogP contribution in [-0.4, -0.2) is 23.3 Å². The highest BCUT2D eigenvalue weighted by atomic mass is 16.5. The first-order valence-electron chi connectivity index (χ1n) is 7.41. The number of nitrogens with zero attached hydrogens (tertiary/aromatic N) is 1. The van der Waals surface area contributed by atoms with Gasteiger partial charge in [-0.3, -0.25) is 4.98 Å². The molecule has 108 valence electrons. The molecule has 1 fully saturated rings. The van der Waals surface area contributed by atoms with Crippen molar-refractivity contribution in [2.45, 2.75) is 26.9 Å². The Balaban J connectivity index is 2.02. The number of rotatable bonds is 2. The Morgan fingerprint density at radius 2 is 2.25 bits per heavy atom. The van der Waals surface area contributed by atoms with Gasteiger partial charge in [0.2, 0.25) is 0 Å². The van der Waals surface area contributed by atoms with Crippen LogP contribution in [0.15, 0.2) is 36.2 Å². The van der Waals surface area contributed by atoms with Crippen LogP contribution < -0.4 is 0 Å². The van der Waals surface area contributed by atoms with Gasteiger partial charge in [0.05, 0.1) is 19.3 Å². The van der Waals surface area contributed by atoms with E-state index >= 15 is 0 Å². The zero-order valence-electron chi connectivity index (χ0n) is 12.4. The van der Waals surface area contributed by atoms with E-state index in [1.807, 2.05) is 12.3 Å². The molecule has 2 bridgehead atoms. The molecule has 2 aliphatic rings. The number of hydrogen-bond donors (Lipinski definition) is 1. The highest BCUT2D eigenvalue weighted by Gasteiger charge is 2.53. The molecule has 1 aromatic heterocycles. The van der Waals surface area contributed by atoms with Gasteiger partial charge in [-0.05, 0) is 30.4 Å².